The van der Waals surface area contributed by atoms with Gasteiger partial charge in [0, 0.05) is 6.54 Å². The monoisotopic (exact) mass is 181 g/mol. The molecular formula is C12H23N. The van der Waals surface area contributed by atoms with Gasteiger partial charge in [-0.05, 0) is 32.2 Å². The first kappa shape index (κ1) is 10.8. The maximum atomic E-state index is 3.89. The fraction of sp³-hybridized carbons (Fsp3) is 0.833. The Morgan fingerprint density at radius 3 is 2.38 bits per heavy atom. The predicted molar refractivity (Wildman–Crippen MR) is 58.9 cm³/mol. The van der Waals surface area contributed by atoms with Crippen molar-refractivity contribution < 1.29 is 0 Å². The van der Waals surface area contributed by atoms with Gasteiger partial charge in [-0.2, -0.15) is 0 Å². The third-order valence-corrected chi connectivity index (χ3v) is 2.83. The molecule has 0 amide bonds. The molecule has 1 heteroatoms. The van der Waals surface area contributed by atoms with Crippen molar-refractivity contribution in [2.45, 2.75) is 45.4 Å². The first-order valence-electron chi connectivity index (χ1n) is 5.64. The van der Waals surface area contributed by atoms with Gasteiger partial charge in [-0.15, -0.1) is 0 Å². The van der Waals surface area contributed by atoms with Gasteiger partial charge in [0.25, 0.3) is 0 Å². The second kappa shape index (κ2) is 6.20. The van der Waals surface area contributed by atoms with Crippen LogP contribution in [-0.4, -0.2) is 13.1 Å². The molecule has 0 aromatic carbocycles. The van der Waals surface area contributed by atoms with Gasteiger partial charge in [0.2, 0.25) is 0 Å². The highest BCUT2D eigenvalue weighted by Crippen LogP contribution is 2.21. The zero-order chi connectivity index (χ0) is 9.52. The summed E-state index contributed by atoms with van der Waals surface area (Å²) in [5.41, 5.74) is 1.24. The topological polar surface area (TPSA) is 12.0 Å². The van der Waals surface area contributed by atoms with Crippen LogP contribution in [0.5, 0.6) is 0 Å². The second-order valence-electron chi connectivity index (χ2n) is 4.45. The highest BCUT2D eigenvalue weighted by molar-refractivity contribution is 4.90. The Hall–Kier alpha value is -0.300. The lowest BCUT2D eigenvalue weighted by molar-refractivity contribution is 0.433. The van der Waals surface area contributed by atoms with Crippen LogP contribution in [0.25, 0.3) is 0 Å². The van der Waals surface area contributed by atoms with Crippen LogP contribution in [0, 0.1) is 5.92 Å². The summed E-state index contributed by atoms with van der Waals surface area (Å²) in [6.07, 6.45) is 8.67. The standard InChI is InChI=1S/C12H23N/c1-11(2)9-13-10-12-7-5-3-4-6-8-12/h12-13H,1,3-10H2,2H3. The Bertz CT molecular complexity index is 143. The molecule has 1 saturated carbocycles. The molecule has 0 aromatic rings. The molecule has 0 unspecified atom stereocenters. The molecule has 0 aliphatic heterocycles. The van der Waals surface area contributed by atoms with Crippen molar-refractivity contribution in [3.8, 4) is 0 Å². The van der Waals surface area contributed by atoms with E-state index in [-0.39, 0.29) is 0 Å². The summed E-state index contributed by atoms with van der Waals surface area (Å²) >= 11 is 0. The molecule has 76 valence electrons. The van der Waals surface area contributed by atoms with Gasteiger partial charge in [0.1, 0.15) is 0 Å². The van der Waals surface area contributed by atoms with Gasteiger partial charge in [0.05, 0.1) is 0 Å². The summed E-state index contributed by atoms with van der Waals surface area (Å²) in [7, 11) is 0. The molecule has 0 heterocycles. The minimum Gasteiger partial charge on any atom is -0.313 e. The Morgan fingerprint density at radius 2 is 1.85 bits per heavy atom. The Labute approximate surface area is 82.6 Å². The van der Waals surface area contributed by atoms with E-state index in [0.717, 1.165) is 12.5 Å². The van der Waals surface area contributed by atoms with Crippen LogP contribution in [0.2, 0.25) is 0 Å². The van der Waals surface area contributed by atoms with Crippen molar-refractivity contribution in [1.82, 2.24) is 5.32 Å². The number of nitrogens with one attached hydrogen (secondary N) is 1. The SMILES string of the molecule is C=C(C)CNCC1CCCCCC1. The summed E-state index contributed by atoms with van der Waals surface area (Å²) in [6.45, 7) is 8.17. The van der Waals surface area contributed by atoms with Crippen molar-refractivity contribution >= 4 is 0 Å². The molecule has 0 radical (unpaired) electrons. The van der Waals surface area contributed by atoms with E-state index in [4.69, 9.17) is 0 Å². The van der Waals surface area contributed by atoms with E-state index in [0.29, 0.717) is 0 Å². The summed E-state index contributed by atoms with van der Waals surface area (Å²) in [5, 5.41) is 3.48. The molecule has 1 aliphatic rings. The summed E-state index contributed by atoms with van der Waals surface area (Å²) in [6, 6.07) is 0. The summed E-state index contributed by atoms with van der Waals surface area (Å²) in [4.78, 5) is 0. The first-order chi connectivity index (χ1) is 6.29. The largest absolute Gasteiger partial charge is 0.313 e. The van der Waals surface area contributed by atoms with Gasteiger partial charge < -0.3 is 5.32 Å². The lowest BCUT2D eigenvalue weighted by Gasteiger charge is -2.14. The lowest BCUT2D eigenvalue weighted by Crippen LogP contribution is -2.23. The van der Waals surface area contributed by atoms with Gasteiger partial charge in [-0.1, -0.05) is 37.8 Å². The predicted octanol–water partition coefficient (Wildman–Crippen LogP) is 3.12. The van der Waals surface area contributed by atoms with E-state index in [1.165, 1.54) is 50.6 Å². The fourth-order valence-electron chi connectivity index (χ4n) is 2.06. The van der Waals surface area contributed by atoms with Gasteiger partial charge in [-0.25, -0.2) is 0 Å². The minimum absolute atomic E-state index is 0.932. The maximum absolute atomic E-state index is 3.89. The zero-order valence-electron chi connectivity index (χ0n) is 8.94. The summed E-state index contributed by atoms with van der Waals surface area (Å²) in [5.74, 6) is 0.932. The van der Waals surface area contributed by atoms with Crippen molar-refractivity contribution in [3.05, 3.63) is 12.2 Å². The van der Waals surface area contributed by atoms with E-state index < -0.39 is 0 Å². The third-order valence-electron chi connectivity index (χ3n) is 2.83. The number of rotatable bonds is 4. The van der Waals surface area contributed by atoms with E-state index in [9.17, 15) is 0 Å². The van der Waals surface area contributed by atoms with Gasteiger partial charge in [-0.3, -0.25) is 0 Å². The van der Waals surface area contributed by atoms with Crippen LogP contribution >= 0.6 is 0 Å². The molecule has 13 heavy (non-hydrogen) atoms. The molecule has 0 saturated heterocycles. The molecular weight excluding hydrogens is 158 g/mol. The van der Waals surface area contributed by atoms with Crippen LogP contribution in [-0.2, 0) is 0 Å². The normalized spacial score (nSPS) is 19.8. The van der Waals surface area contributed by atoms with Crippen LogP contribution in [0.4, 0.5) is 0 Å². The Kier molecular flexibility index (Phi) is 5.14. The third kappa shape index (κ3) is 5.09. The first-order valence-corrected chi connectivity index (χ1v) is 5.64. The zero-order valence-corrected chi connectivity index (χ0v) is 8.94. The minimum atomic E-state index is 0.932. The van der Waals surface area contributed by atoms with E-state index in [1.807, 2.05) is 0 Å². The molecule has 0 bridgehead atoms. The van der Waals surface area contributed by atoms with Gasteiger partial charge in [0.15, 0.2) is 0 Å². The Morgan fingerprint density at radius 1 is 1.23 bits per heavy atom. The average molecular weight is 181 g/mol. The highest BCUT2D eigenvalue weighted by Gasteiger charge is 2.10. The molecule has 0 spiro atoms. The van der Waals surface area contributed by atoms with Crippen LogP contribution < -0.4 is 5.32 Å². The highest BCUT2D eigenvalue weighted by atomic mass is 14.9. The van der Waals surface area contributed by atoms with Crippen molar-refractivity contribution in [2.75, 3.05) is 13.1 Å². The van der Waals surface area contributed by atoms with Crippen LogP contribution in [0.1, 0.15) is 45.4 Å². The van der Waals surface area contributed by atoms with Gasteiger partial charge >= 0.3 is 0 Å². The lowest BCUT2D eigenvalue weighted by atomic mass is 10.0. The summed E-state index contributed by atoms with van der Waals surface area (Å²) < 4.78 is 0. The van der Waals surface area contributed by atoms with Crippen LogP contribution in [0.15, 0.2) is 12.2 Å². The van der Waals surface area contributed by atoms with Crippen molar-refractivity contribution in [2.24, 2.45) is 5.92 Å². The van der Waals surface area contributed by atoms with Crippen molar-refractivity contribution in [1.29, 1.82) is 0 Å². The maximum Gasteiger partial charge on any atom is 0.0159 e. The second-order valence-corrected chi connectivity index (χ2v) is 4.45. The molecule has 1 rings (SSSR count). The fourth-order valence-corrected chi connectivity index (χ4v) is 2.06. The quantitative estimate of drug-likeness (QED) is 0.519. The molecule has 0 atom stereocenters. The molecule has 1 aliphatic carbocycles. The molecule has 0 aromatic heterocycles. The Balaban J connectivity index is 2.08. The molecule has 1 N–H and O–H groups in total. The number of hydrogen-bond donors (Lipinski definition) is 1. The van der Waals surface area contributed by atoms with Crippen molar-refractivity contribution in [3.63, 3.8) is 0 Å². The molecule has 1 nitrogen and oxygen atoms in total. The number of hydrogen-bond acceptors (Lipinski definition) is 1. The van der Waals surface area contributed by atoms with Crippen LogP contribution in [0.3, 0.4) is 0 Å². The molecule has 1 fully saturated rings. The smallest absolute Gasteiger partial charge is 0.0159 e. The van der Waals surface area contributed by atoms with E-state index in [1.54, 1.807) is 0 Å². The van der Waals surface area contributed by atoms with E-state index >= 15 is 0 Å². The van der Waals surface area contributed by atoms with E-state index in [2.05, 4.69) is 18.8 Å². The average Bonchev–Trinajstić information content (AvgIpc) is 2.32.